The molecular formula is C10H11N3O3S. The quantitative estimate of drug-likeness (QED) is 0.844. The first-order valence-corrected chi connectivity index (χ1v) is 6.33. The lowest BCUT2D eigenvalue weighted by Gasteiger charge is -2.03. The van der Waals surface area contributed by atoms with Crippen molar-refractivity contribution in [3.63, 3.8) is 0 Å². The smallest absolute Gasteiger partial charge is 0.296 e. The van der Waals surface area contributed by atoms with E-state index in [0.717, 1.165) is 0 Å². The van der Waals surface area contributed by atoms with Gasteiger partial charge in [-0.3, -0.25) is 4.72 Å². The summed E-state index contributed by atoms with van der Waals surface area (Å²) in [6.45, 7) is 0.152. The van der Waals surface area contributed by atoms with Crippen molar-refractivity contribution < 1.29 is 12.8 Å². The van der Waals surface area contributed by atoms with Crippen molar-refractivity contribution in [1.29, 1.82) is 0 Å². The van der Waals surface area contributed by atoms with E-state index < -0.39 is 10.0 Å². The maximum Gasteiger partial charge on any atom is 0.296 e. The van der Waals surface area contributed by atoms with Crippen molar-refractivity contribution in [2.45, 2.75) is 11.6 Å². The van der Waals surface area contributed by atoms with Crippen LogP contribution in [0.25, 0.3) is 0 Å². The Hall–Kier alpha value is -1.86. The second kappa shape index (κ2) is 4.56. The van der Waals surface area contributed by atoms with Gasteiger partial charge in [-0.15, -0.1) is 0 Å². The van der Waals surface area contributed by atoms with Crippen LogP contribution in [0.1, 0.15) is 5.76 Å². The molecule has 6 nitrogen and oxygen atoms in total. The molecule has 2 aromatic rings. The number of nitrogens with one attached hydrogen (secondary N) is 1. The van der Waals surface area contributed by atoms with Gasteiger partial charge in [0, 0.05) is 6.20 Å². The Labute approximate surface area is 98.5 Å². The number of nitrogens with zero attached hydrogens (tertiary/aromatic N) is 1. The molecule has 0 spiro atoms. The van der Waals surface area contributed by atoms with Gasteiger partial charge in [0.05, 0.1) is 6.54 Å². The average Bonchev–Trinajstić information content (AvgIpc) is 2.79. The number of hydrogen-bond acceptors (Lipinski definition) is 5. The first kappa shape index (κ1) is 11.6. The SMILES string of the molecule is NCc1ccc(S(=O)(=O)Nc2ccccn2)o1. The topological polar surface area (TPSA) is 98.2 Å². The largest absolute Gasteiger partial charge is 0.446 e. The minimum Gasteiger partial charge on any atom is -0.446 e. The highest BCUT2D eigenvalue weighted by Crippen LogP contribution is 2.16. The Balaban J connectivity index is 2.25. The summed E-state index contributed by atoms with van der Waals surface area (Å²) in [6.07, 6.45) is 1.49. The Morgan fingerprint density at radius 3 is 2.71 bits per heavy atom. The van der Waals surface area contributed by atoms with E-state index in [0.29, 0.717) is 5.76 Å². The molecule has 0 aromatic carbocycles. The van der Waals surface area contributed by atoms with E-state index in [1.807, 2.05) is 0 Å². The molecule has 17 heavy (non-hydrogen) atoms. The summed E-state index contributed by atoms with van der Waals surface area (Å²) in [5.74, 6) is 0.643. The number of sulfonamides is 1. The molecule has 0 aliphatic heterocycles. The van der Waals surface area contributed by atoms with Crippen LogP contribution in [0.4, 0.5) is 5.82 Å². The van der Waals surface area contributed by atoms with E-state index in [4.69, 9.17) is 10.2 Å². The fourth-order valence-electron chi connectivity index (χ4n) is 1.22. The van der Waals surface area contributed by atoms with Gasteiger partial charge in [0.2, 0.25) is 5.09 Å². The summed E-state index contributed by atoms with van der Waals surface area (Å²) in [4.78, 5) is 3.86. The van der Waals surface area contributed by atoms with Crippen molar-refractivity contribution in [3.05, 3.63) is 42.3 Å². The van der Waals surface area contributed by atoms with Crippen LogP contribution in [0.3, 0.4) is 0 Å². The highest BCUT2D eigenvalue weighted by molar-refractivity contribution is 7.92. The van der Waals surface area contributed by atoms with Gasteiger partial charge in [0.25, 0.3) is 10.0 Å². The molecule has 0 bridgehead atoms. The number of aromatic nitrogens is 1. The number of pyridine rings is 1. The van der Waals surface area contributed by atoms with Crippen molar-refractivity contribution in [1.82, 2.24) is 4.98 Å². The lowest BCUT2D eigenvalue weighted by atomic mass is 10.5. The number of nitrogens with two attached hydrogens (primary N) is 1. The molecule has 0 aliphatic carbocycles. The van der Waals surface area contributed by atoms with E-state index in [-0.39, 0.29) is 17.5 Å². The summed E-state index contributed by atoms with van der Waals surface area (Å²) in [5.41, 5.74) is 5.34. The number of hydrogen-bond donors (Lipinski definition) is 2. The number of furan rings is 1. The summed E-state index contributed by atoms with van der Waals surface area (Å²) in [5, 5.41) is -0.177. The van der Waals surface area contributed by atoms with E-state index in [1.165, 1.54) is 18.3 Å². The Morgan fingerprint density at radius 1 is 1.29 bits per heavy atom. The van der Waals surface area contributed by atoms with Crippen molar-refractivity contribution in [2.24, 2.45) is 5.73 Å². The van der Waals surface area contributed by atoms with Crippen molar-refractivity contribution in [3.8, 4) is 0 Å². The van der Waals surface area contributed by atoms with Gasteiger partial charge >= 0.3 is 0 Å². The normalized spacial score (nSPS) is 11.4. The van der Waals surface area contributed by atoms with Gasteiger partial charge in [-0.1, -0.05) is 6.07 Å². The van der Waals surface area contributed by atoms with Crippen LogP contribution < -0.4 is 10.5 Å². The van der Waals surface area contributed by atoms with E-state index in [2.05, 4.69) is 9.71 Å². The molecule has 3 N–H and O–H groups in total. The fraction of sp³-hybridized carbons (Fsp3) is 0.100. The van der Waals surface area contributed by atoms with Crippen LogP contribution in [-0.2, 0) is 16.6 Å². The maximum absolute atomic E-state index is 11.8. The van der Waals surface area contributed by atoms with Gasteiger partial charge in [0.15, 0.2) is 0 Å². The predicted octanol–water partition coefficient (Wildman–Crippen LogP) is 0.934. The van der Waals surface area contributed by atoms with Gasteiger partial charge in [-0.05, 0) is 24.3 Å². The second-order valence-electron chi connectivity index (χ2n) is 3.25. The molecule has 0 saturated carbocycles. The van der Waals surface area contributed by atoms with Crippen LogP contribution in [-0.4, -0.2) is 13.4 Å². The Morgan fingerprint density at radius 2 is 2.12 bits per heavy atom. The lowest BCUT2D eigenvalue weighted by Crippen LogP contribution is -2.13. The molecule has 0 aliphatic rings. The second-order valence-corrected chi connectivity index (χ2v) is 4.86. The molecule has 0 amide bonds. The van der Waals surface area contributed by atoms with Gasteiger partial charge in [-0.25, -0.2) is 4.98 Å². The first-order valence-electron chi connectivity index (χ1n) is 4.84. The van der Waals surface area contributed by atoms with E-state index in [9.17, 15) is 8.42 Å². The van der Waals surface area contributed by atoms with Crippen molar-refractivity contribution >= 4 is 15.8 Å². The standard InChI is InChI=1S/C10H11N3O3S/c11-7-8-4-5-10(16-8)17(14,15)13-9-3-1-2-6-12-9/h1-6H,7,11H2,(H,12,13). The van der Waals surface area contributed by atoms with Crippen LogP contribution in [0.15, 0.2) is 46.0 Å². The molecular weight excluding hydrogens is 242 g/mol. The zero-order valence-electron chi connectivity index (χ0n) is 8.83. The maximum atomic E-state index is 11.8. The predicted molar refractivity (Wildman–Crippen MR) is 61.6 cm³/mol. The zero-order chi connectivity index (χ0) is 12.3. The summed E-state index contributed by atoms with van der Waals surface area (Å²) in [7, 11) is -3.74. The summed E-state index contributed by atoms with van der Waals surface area (Å²) >= 11 is 0. The molecule has 90 valence electrons. The molecule has 7 heteroatoms. The van der Waals surface area contributed by atoms with Gasteiger partial charge in [0.1, 0.15) is 11.6 Å². The Bertz CT molecular complexity index is 592. The number of rotatable bonds is 4. The van der Waals surface area contributed by atoms with E-state index in [1.54, 1.807) is 18.2 Å². The first-order chi connectivity index (χ1) is 8.12. The van der Waals surface area contributed by atoms with Gasteiger partial charge < -0.3 is 10.2 Å². The molecule has 0 unspecified atom stereocenters. The highest BCUT2D eigenvalue weighted by atomic mass is 32.2. The molecule has 2 heterocycles. The van der Waals surface area contributed by atoms with Crippen LogP contribution in [0.5, 0.6) is 0 Å². The zero-order valence-corrected chi connectivity index (χ0v) is 9.65. The number of anilines is 1. The molecule has 2 aromatic heterocycles. The third-order valence-electron chi connectivity index (χ3n) is 2.01. The highest BCUT2D eigenvalue weighted by Gasteiger charge is 2.18. The van der Waals surface area contributed by atoms with Gasteiger partial charge in [-0.2, -0.15) is 8.42 Å². The lowest BCUT2D eigenvalue weighted by molar-refractivity contribution is 0.417. The monoisotopic (exact) mass is 253 g/mol. The van der Waals surface area contributed by atoms with Crippen LogP contribution >= 0.6 is 0 Å². The van der Waals surface area contributed by atoms with Crippen LogP contribution in [0.2, 0.25) is 0 Å². The van der Waals surface area contributed by atoms with Crippen molar-refractivity contribution in [2.75, 3.05) is 4.72 Å². The minimum absolute atomic E-state index is 0.152. The average molecular weight is 253 g/mol. The minimum atomic E-state index is -3.74. The molecule has 0 radical (unpaired) electrons. The van der Waals surface area contributed by atoms with E-state index >= 15 is 0 Å². The molecule has 0 atom stereocenters. The molecule has 2 rings (SSSR count). The third-order valence-corrected chi connectivity index (χ3v) is 3.23. The molecule has 0 saturated heterocycles. The summed E-state index contributed by atoms with van der Waals surface area (Å²) in [6, 6.07) is 7.79. The van der Waals surface area contributed by atoms with Crippen LogP contribution in [0, 0.1) is 0 Å². The fourth-order valence-corrected chi connectivity index (χ4v) is 2.18. The third kappa shape index (κ3) is 2.63. The summed E-state index contributed by atoms with van der Waals surface area (Å²) < 4.78 is 31.1. The molecule has 0 fully saturated rings. The Kier molecular flexibility index (Phi) is 3.12.